The molecule has 0 aliphatic rings. The van der Waals surface area contributed by atoms with Gasteiger partial charge in [0.1, 0.15) is 11.4 Å². The molecular formula is C14H11N3O2. The summed E-state index contributed by atoms with van der Waals surface area (Å²) in [6.45, 7) is 0. The normalized spacial score (nSPS) is 10.6. The predicted molar refractivity (Wildman–Crippen MR) is 70.4 cm³/mol. The number of hydrogen-bond acceptors (Lipinski definition) is 4. The smallest absolute Gasteiger partial charge is 0.182 e. The number of methoxy groups -OCH3 is 1. The van der Waals surface area contributed by atoms with E-state index in [0.29, 0.717) is 17.2 Å². The van der Waals surface area contributed by atoms with Crippen LogP contribution in [0.1, 0.15) is 10.5 Å². The van der Waals surface area contributed by atoms with Crippen molar-refractivity contribution in [1.29, 1.82) is 0 Å². The Kier molecular flexibility index (Phi) is 2.72. The monoisotopic (exact) mass is 253 g/mol. The molecule has 0 saturated carbocycles. The number of aldehydes is 1. The number of carbonyl (C=O) groups is 1. The molecule has 0 spiro atoms. The van der Waals surface area contributed by atoms with Crippen molar-refractivity contribution in [2.75, 3.05) is 7.11 Å². The maximum absolute atomic E-state index is 10.9. The van der Waals surface area contributed by atoms with E-state index in [-0.39, 0.29) is 0 Å². The van der Waals surface area contributed by atoms with Crippen LogP contribution in [0.3, 0.4) is 0 Å². The van der Waals surface area contributed by atoms with E-state index >= 15 is 0 Å². The van der Waals surface area contributed by atoms with Crippen molar-refractivity contribution < 1.29 is 9.53 Å². The molecule has 0 aliphatic carbocycles. The summed E-state index contributed by atoms with van der Waals surface area (Å²) in [6.07, 6.45) is 0.763. The molecule has 3 rings (SSSR count). The van der Waals surface area contributed by atoms with Crippen molar-refractivity contribution in [3.05, 3.63) is 48.2 Å². The van der Waals surface area contributed by atoms with Crippen molar-refractivity contribution in [3.8, 4) is 17.1 Å². The Hall–Kier alpha value is -2.69. The largest absolute Gasteiger partial charge is 0.497 e. The van der Waals surface area contributed by atoms with Crippen LogP contribution in [0.5, 0.6) is 5.75 Å². The van der Waals surface area contributed by atoms with Gasteiger partial charge >= 0.3 is 0 Å². The van der Waals surface area contributed by atoms with Gasteiger partial charge in [-0.1, -0.05) is 6.07 Å². The van der Waals surface area contributed by atoms with Gasteiger partial charge in [0, 0.05) is 5.56 Å². The molecule has 19 heavy (non-hydrogen) atoms. The summed E-state index contributed by atoms with van der Waals surface area (Å²) in [4.78, 5) is 15.3. The van der Waals surface area contributed by atoms with Crippen LogP contribution in [0.25, 0.3) is 17.0 Å². The fourth-order valence-corrected chi connectivity index (χ4v) is 1.88. The molecule has 0 amide bonds. The lowest BCUT2D eigenvalue weighted by Gasteiger charge is -1.99. The van der Waals surface area contributed by atoms with Crippen LogP contribution in [0.4, 0.5) is 0 Å². The zero-order chi connectivity index (χ0) is 13.2. The van der Waals surface area contributed by atoms with E-state index in [1.807, 2.05) is 30.3 Å². The molecule has 0 unspecified atom stereocenters. The van der Waals surface area contributed by atoms with E-state index in [2.05, 4.69) is 10.1 Å². The molecule has 2 heterocycles. The summed E-state index contributed by atoms with van der Waals surface area (Å²) in [5.41, 5.74) is 2.00. The minimum Gasteiger partial charge on any atom is -0.497 e. The summed E-state index contributed by atoms with van der Waals surface area (Å²) in [5.74, 6) is 1.36. The first-order valence-corrected chi connectivity index (χ1v) is 5.77. The molecule has 3 aromatic rings. The zero-order valence-corrected chi connectivity index (χ0v) is 10.3. The fraction of sp³-hybridized carbons (Fsp3) is 0.0714. The van der Waals surface area contributed by atoms with E-state index in [1.54, 1.807) is 19.2 Å². The van der Waals surface area contributed by atoms with Crippen LogP contribution in [-0.4, -0.2) is 28.0 Å². The molecule has 0 aliphatic heterocycles. The Bertz CT molecular complexity index is 732. The van der Waals surface area contributed by atoms with Crippen LogP contribution in [0, 0.1) is 0 Å². The van der Waals surface area contributed by atoms with Crippen LogP contribution in [-0.2, 0) is 0 Å². The van der Waals surface area contributed by atoms with Gasteiger partial charge in [-0.25, -0.2) is 9.50 Å². The topological polar surface area (TPSA) is 56.5 Å². The lowest BCUT2D eigenvalue weighted by atomic mass is 10.2. The number of pyridine rings is 1. The maximum atomic E-state index is 10.9. The summed E-state index contributed by atoms with van der Waals surface area (Å²) < 4.78 is 6.64. The molecule has 0 atom stereocenters. The van der Waals surface area contributed by atoms with Crippen molar-refractivity contribution in [3.63, 3.8) is 0 Å². The van der Waals surface area contributed by atoms with E-state index in [0.717, 1.165) is 17.6 Å². The van der Waals surface area contributed by atoms with Gasteiger partial charge in [-0.3, -0.25) is 4.79 Å². The molecule has 0 radical (unpaired) electrons. The van der Waals surface area contributed by atoms with Crippen LogP contribution in [0.2, 0.25) is 0 Å². The van der Waals surface area contributed by atoms with Crippen molar-refractivity contribution >= 4 is 11.9 Å². The molecule has 2 aromatic heterocycles. The Labute approximate surface area is 109 Å². The number of carbonyl (C=O) groups excluding carboxylic acids is 1. The molecule has 5 heteroatoms. The highest BCUT2D eigenvalue weighted by molar-refractivity contribution is 5.74. The summed E-state index contributed by atoms with van der Waals surface area (Å²) >= 11 is 0. The second-order valence-corrected chi connectivity index (χ2v) is 4.00. The van der Waals surface area contributed by atoms with E-state index in [4.69, 9.17) is 4.74 Å². The zero-order valence-electron chi connectivity index (χ0n) is 10.3. The Morgan fingerprint density at radius 3 is 2.63 bits per heavy atom. The van der Waals surface area contributed by atoms with E-state index in [1.165, 1.54) is 4.52 Å². The van der Waals surface area contributed by atoms with E-state index < -0.39 is 0 Å². The Morgan fingerprint density at radius 1 is 1.16 bits per heavy atom. The van der Waals surface area contributed by atoms with Gasteiger partial charge in [-0.2, -0.15) is 0 Å². The minimum atomic E-state index is 0.477. The number of benzene rings is 1. The Morgan fingerprint density at radius 2 is 1.95 bits per heavy atom. The van der Waals surface area contributed by atoms with Crippen LogP contribution in [0.15, 0.2) is 42.5 Å². The quantitative estimate of drug-likeness (QED) is 0.671. The molecule has 0 bridgehead atoms. The van der Waals surface area contributed by atoms with Gasteiger partial charge < -0.3 is 4.74 Å². The molecule has 0 N–H and O–H groups in total. The number of fused-ring (bicyclic) bond motifs is 1. The molecule has 5 nitrogen and oxygen atoms in total. The summed E-state index contributed by atoms with van der Waals surface area (Å²) in [5, 5.41) is 4.34. The number of aromatic nitrogens is 3. The van der Waals surface area contributed by atoms with Gasteiger partial charge in [-0.05, 0) is 36.4 Å². The van der Waals surface area contributed by atoms with E-state index in [9.17, 15) is 4.79 Å². The first kappa shape index (κ1) is 11.4. The molecule has 0 fully saturated rings. The SMILES string of the molecule is COc1ccc(-c2nc3cccc(C=O)n3n2)cc1. The summed E-state index contributed by atoms with van der Waals surface area (Å²) in [7, 11) is 1.62. The number of nitrogens with zero attached hydrogens (tertiary/aromatic N) is 3. The first-order chi connectivity index (χ1) is 9.31. The number of rotatable bonds is 3. The van der Waals surface area contributed by atoms with Crippen molar-refractivity contribution in [2.24, 2.45) is 0 Å². The highest BCUT2D eigenvalue weighted by atomic mass is 16.5. The number of ether oxygens (including phenoxy) is 1. The summed E-state index contributed by atoms with van der Waals surface area (Å²) in [6, 6.07) is 12.8. The molecule has 0 saturated heterocycles. The standard InChI is InChI=1S/C14H11N3O2/c1-19-12-7-5-10(6-8-12)14-15-13-4-2-3-11(9-18)17(13)16-14/h2-9H,1H3. The first-order valence-electron chi connectivity index (χ1n) is 5.77. The maximum Gasteiger partial charge on any atom is 0.182 e. The van der Waals surface area contributed by atoms with Gasteiger partial charge in [0.05, 0.1) is 7.11 Å². The van der Waals surface area contributed by atoms with Crippen molar-refractivity contribution in [2.45, 2.75) is 0 Å². The van der Waals surface area contributed by atoms with Gasteiger partial charge in [0.15, 0.2) is 17.8 Å². The molecule has 1 aromatic carbocycles. The molecular weight excluding hydrogens is 242 g/mol. The second-order valence-electron chi connectivity index (χ2n) is 4.00. The lowest BCUT2D eigenvalue weighted by Crippen LogP contribution is -1.96. The third kappa shape index (κ3) is 1.95. The predicted octanol–water partition coefficient (Wildman–Crippen LogP) is 2.22. The van der Waals surface area contributed by atoms with Gasteiger partial charge in [-0.15, -0.1) is 5.10 Å². The minimum absolute atomic E-state index is 0.477. The average molecular weight is 253 g/mol. The number of hydrogen-bond donors (Lipinski definition) is 0. The van der Waals surface area contributed by atoms with Gasteiger partial charge in [0.25, 0.3) is 0 Å². The Balaban J connectivity index is 2.12. The van der Waals surface area contributed by atoms with Gasteiger partial charge in [0.2, 0.25) is 0 Å². The highest BCUT2D eigenvalue weighted by Crippen LogP contribution is 2.20. The average Bonchev–Trinajstić information content (AvgIpc) is 2.91. The fourth-order valence-electron chi connectivity index (χ4n) is 1.88. The van der Waals surface area contributed by atoms with Crippen LogP contribution >= 0.6 is 0 Å². The second kappa shape index (κ2) is 4.53. The van der Waals surface area contributed by atoms with Crippen LogP contribution < -0.4 is 4.74 Å². The highest BCUT2D eigenvalue weighted by Gasteiger charge is 2.08. The lowest BCUT2D eigenvalue weighted by molar-refractivity contribution is 0.111. The van der Waals surface area contributed by atoms with Crippen molar-refractivity contribution in [1.82, 2.24) is 14.6 Å². The third-order valence-electron chi connectivity index (χ3n) is 2.86. The third-order valence-corrected chi connectivity index (χ3v) is 2.86. The molecule has 94 valence electrons.